The standard InChI is InChI=1S/C18H31N3O4.ClH/c1-9(19)13(22)20-11(16(2,3)4)14(23)21-8-10-17(5,6)18(10,7)12(21)15(24)25;/h9-12H,8,19H2,1-7H3,(H,20,22)(H,24,25);1H/t9?,10-,11?,12+,18-;/m0./s1. The number of nitrogens with two attached hydrogens (primary N) is 1. The van der Waals surface area contributed by atoms with Gasteiger partial charge in [0.05, 0.1) is 6.04 Å². The first-order chi connectivity index (χ1) is 11.2. The number of halogens is 1. The SMILES string of the molecule is CC(N)C(=O)NC(C(=O)N1C[C@H]2C(C)(C)[C@]2(C)[C@H]1C(=O)O)C(C)(C)C.Cl. The average molecular weight is 390 g/mol. The molecule has 0 aromatic carbocycles. The van der Waals surface area contributed by atoms with E-state index in [1.54, 1.807) is 6.92 Å². The van der Waals surface area contributed by atoms with E-state index in [0.717, 1.165) is 0 Å². The van der Waals surface area contributed by atoms with E-state index in [0.29, 0.717) is 6.54 Å². The van der Waals surface area contributed by atoms with Crippen molar-refractivity contribution in [1.82, 2.24) is 10.2 Å². The van der Waals surface area contributed by atoms with E-state index in [9.17, 15) is 19.5 Å². The van der Waals surface area contributed by atoms with Crippen molar-refractivity contribution in [3.05, 3.63) is 0 Å². The summed E-state index contributed by atoms with van der Waals surface area (Å²) in [5, 5.41) is 12.5. The zero-order chi connectivity index (χ0) is 19.5. The maximum atomic E-state index is 13.2. The van der Waals surface area contributed by atoms with Crippen LogP contribution in [0.3, 0.4) is 0 Å². The number of carbonyl (C=O) groups excluding carboxylic acids is 2. The van der Waals surface area contributed by atoms with Gasteiger partial charge in [0.15, 0.2) is 0 Å². The van der Waals surface area contributed by atoms with E-state index in [1.807, 2.05) is 27.7 Å². The number of carboxylic acids is 1. The molecule has 0 aromatic rings. The second-order valence-electron chi connectivity index (χ2n) is 9.38. The highest BCUT2D eigenvalue weighted by atomic mass is 35.5. The molecule has 1 saturated carbocycles. The minimum atomic E-state index is -0.991. The van der Waals surface area contributed by atoms with Crippen LogP contribution >= 0.6 is 12.4 Å². The fourth-order valence-corrected chi connectivity index (χ4v) is 4.42. The van der Waals surface area contributed by atoms with Gasteiger partial charge >= 0.3 is 5.97 Å². The molecule has 2 rings (SSSR count). The van der Waals surface area contributed by atoms with Crippen molar-refractivity contribution in [2.45, 2.75) is 66.6 Å². The molecule has 150 valence electrons. The minimum absolute atomic E-state index is 0. The Morgan fingerprint density at radius 3 is 2.12 bits per heavy atom. The second kappa shape index (κ2) is 6.68. The highest BCUT2D eigenvalue weighted by molar-refractivity contribution is 5.93. The molecule has 2 amide bonds. The zero-order valence-electron chi connectivity index (χ0n) is 16.6. The summed E-state index contributed by atoms with van der Waals surface area (Å²) in [6.45, 7) is 13.5. The number of nitrogens with zero attached hydrogens (tertiary/aromatic N) is 1. The zero-order valence-corrected chi connectivity index (χ0v) is 17.4. The second-order valence-corrected chi connectivity index (χ2v) is 9.38. The maximum Gasteiger partial charge on any atom is 0.327 e. The van der Waals surface area contributed by atoms with Gasteiger partial charge < -0.3 is 21.1 Å². The van der Waals surface area contributed by atoms with Crippen LogP contribution in [0, 0.1) is 22.2 Å². The number of likely N-dealkylation sites (tertiary alicyclic amines) is 1. The van der Waals surface area contributed by atoms with Crippen molar-refractivity contribution in [1.29, 1.82) is 0 Å². The van der Waals surface area contributed by atoms with Gasteiger partial charge in [-0.05, 0) is 23.7 Å². The molecule has 0 spiro atoms. The Kier molecular flexibility index (Phi) is 5.83. The third-order valence-corrected chi connectivity index (χ3v) is 6.49. The molecule has 0 aromatic heterocycles. The first-order valence-electron chi connectivity index (χ1n) is 8.76. The minimum Gasteiger partial charge on any atom is -0.480 e. The van der Waals surface area contributed by atoms with Crippen molar-refractivity contribution >= 4 is 30.2 Å². The lowest BCUT2D eigenvalue weighted by atomic mass is 9.84. The molecular weight excluding hydrogens is 358 g/mol. The Labute approximate surface area is 161 Å². The Bertz CT molecular complexity index is 614. The molecule has 0 radical (unpaired) electrons. The van der Waals surface area contributed by atoms with Gasteiger partial charge in [0.25, 0.3) is 0 Å². The predicted octanol–water partition coefficient (Wildman–Crippen LogP) is 1.24. The van der Waals surface area contributed by atoms with E-state index in [-0.39, 0.29) is 29.6 Å². The van der Waals surface area contributed by atoms with E-state index in [4.69, 9.17) is 5.73 Å². The normalized spacial score (nSPS) is 31.3. The quantitative estimate of drug-likeness (QED) is 0.669. The van der Waals surface area contributed by atoms with Crippen LogP contribution in [0.25, 0.3) is 0 Å². The Morgan fingerprint density at radius 1 is 1.23 bits per heavy atom. The van der Waals surface area contributed by atoms with Gasteiger partial charge in [-0.25, -0.2) is 4.79 Å². The molecule has 2 fully saturated rings. The van der Waals surface area contributed by atoms with Crippen molar-refractivity contribution in [3.63, 3.8) is 0 Å². The van der Waals surface area contributed by atoms with E-state index >= 15 is 0 Å². The fourth-order valence-electron chi connectivity index (χ4n) is 4.42. The number of rotatable bonds is 4. The summed E-state index contributed by atoms with van der Waals surface area (Å²) in [7, 11) is 0. The lowest BCUT2D eigenvalue weighted by Crippen LogP contribution is -2.60. The van der Waals surface area contributed by atoms with Crippen molar-refractivity contribution in [2.75, 3.05) is 6.54 Å². The van der Waals surface area contributed by atoms with Gasteiger partial charge in [0, 0.05) is 12.0 Å². The smallest absolute Gasteiger partial charge is 0.327 e. The molecule has 8 heteroatoms. The third kappa shape index (κ3) is 3.20. The number of amides is 2. The lowest BCUT2D eigenvalue weighted by Gasteiger charge is -2.38. The molecule has 7 nitrogen and oxygen atoms in total. The number of carbonyl (C=O) groups is 3. The number of hydrogen-bond donors (Lipinski definition) is 3. The van der Waals surface area contributed by atoms with Crippen LogP contribution < -0.4 is 11.1 Å². The predicted molar refractivity (Wildman–Crippen MR) is 101 cm³/mol. The van der Waals surface area contributed by atoms with Crippen LogP contribution in [0.15, 0.2) is 0 Å². The van der Waals surface area contributed by atoms with Crippen molar-refractivity contribution < 1.29 is 19.5 Å². The van der Waals surface area contributed by atoms with Crippen molar-refractivity contribution in [2.24, 2.45) is 27.9 Å². The average Bonchev–Trinajstić information content (AvgIpc) is 2.76. The molecular formula is C18H32ClN3O4. The summed E-state index contributed by atoms with van der Waals surface area (Å²) in [4.78, 5) is 38.6. The number of carboxylic acid groups (broad SMARTS) is 1. The van der Waals surface area contributed by atoms with Crippen LogP contribution in [0.4, 0.5) is 0 Å². The summed E-state index contributed by atoms with van der Waals surface area (Å²) < 4.78 is 0. The van der Waals surface area contributed by atoms with E-state index in [2.05, 4.69) is 19.2 Å². The van der Waals surface area contributed by atoms with Gasteiger partial charge in [0.1, 0.15) is 12.1 Å². The Morgan fingerprint density at radius 2 is 1.73 bits per heavy atom. The van der Waals surface area contributed by atoms with Crippen LogP contribution in [-0.4, -0.2) is 52.5 Å². The van der Waals surface area contributed by atoms with Gasteiger partial charge in [-0.15, -0.1) is 12.4 Å². The van der Waals surface area contributed by atoms with Gasteiger partial charge in [-0.1, -0.05) is 41.5 Å². The number of hydrogen-bond acceptors (Lipinski definition) is 4. The molecule has 2 aliphatic rings. The molecule has 1 aliphatic carbocycles. The maximum absolute atomic E-state index is 13.2. The highest BCUT2D eigenvalue weighted by Crippen LogP contribution is 2.74. The van der Waals surface area contributed by atoms with Crippen molar-refractivity contribution in [3.8, 4) is 0 Å². The molecule has 0 bridgehead atoms. The fraction of sp³-hybridized carbons (Fsp3) is 0.833. The molecule has 1 heterocycles. The number of piperidine rings is 1. The topological polar surface area (TPSA) is 113 Å². The Hall–Kier alpha value is -1.34. The highest BCUT2D eigenvalue weighted by Gasteiger charge is 2.78. The third-order valence-electron chi connectivity index (χ3n) is 6.49. The summed E-state index contributed by atoms with van der Waals surface area (Å²) >= 11 is 0. The van der Waals surface area contributed by atoms with Crippen LogP contribution in [0.5, 0.6) is 0 Å². The van der Waals surface area contributed by atoms with Gasteiger partial charge in [-0.3, -0.25) is 9.59 Å². The van der Waals surface area contributed by atoms with Gasteiger partial charge in [0.2, 0.25) is 11.8 Å². The molecule has 4 N–H and O–H groups in total. The number of fused-ring (bicyclic) bond motifs is 1. The monoisotopic (exact) mass is 389 g/mol. The first-order valence-corrected chi connectivity index (χ1v) is 8.76. The van der Waals surface area contributed by atoms with Gasteiger partial charge in [-0.2, -0.15) is 0 Å². The first kappa shape index (κ1) is 22.7. The number of nitrogens with one attached hydrogen (secondary N) is 1. The van der Waals surface area contributed by atoms with Crippen LogP contribution in [0.1, 0.15) is 48.5 Å². The summed E-state index contributed by atoms with van der Waals surface area (Å²) in [6.07, 6.45) is 0. The largest absolute Gasteiger partial charge is 0.480 e. The molecule has 1 aliphatic heterocycles. The lowest BCUT2D eigenvalue weighted by molar-refractivity contribution is -0.154. The molecule has 2 unspecified atom stereocenters. The van der Waals surface area contributed by atoms with Crippen LogP contribution in [-0.2, 0) is 14.4 Å². The molecule has 1 saturated heterocycles. The summed E-state index contributed by atoms with van der Waals surface area (Å²) in [5.74, 6) is -1.61. The number of aliphatic carboxylic acids is 1. The van der Waals surface area contributed by atoms with E-state index in [1.165, 1.54) is 4.90 Å². The summed E-state index contributed by atoms with van der Waals surface area (Å²) in [5.41, 5.74) is 4.50. The molecule has 26 heavy (non-hydrogen) atoms. The van der Waals surface area contributed by atoms with Crippen LogP contribution in [0.2, 0.25) is 0 Å². The van der Waals surface area contributed by atoms with E-state index < -0.39 is 40.8 Å². The summed E-state index contributed by atoms with van der Waals surface area (Å²) in [6, 6.07) is -2.44. The molecule has 5 atom stereocenters. The Balaban J connectivity index is 0.00000338.